The smallest absolute Gasteiger partial charge is 0.230 e. The lowest BCUT2D eigenvalue weighted by Crippen LogP contribution is -2.34. The third-order valence-corrected chi connectivity index (χ3v) is 4.74. The second kappa shape index (κ2) is 5.22. The largest absolute Gasteiger partial charge is 0.346 e. The van der Waals surface area contributed by atoms with Crippen LogP contribution in [0.2, 0.25) is 0 Å². The standard InChI is InChI=1S/C17H21N5O2/c1-10-7-12-15(19-24-17(12)20(3)4)16-13-9-21(11(2)23)6-5-14(13)18-22(16)8-10/h1,5-9H2,2-4H3. The first-order valence-electron chi connectivity index (χ1n) is 8.12. The van der Waals surface area contributed by atoms with Gasteiger partial charge in [0.05, 0.1) is 23.5 Å². The maximum absolute atomic E-state index is 11.8. The van der Waals surface area contributed by atoms with Crippen molar-refractivity contribution < 1.29 is 9.32 Å². The summed E-state index contributed by atoms with van der Waals surface area (Å²) in [5, 5.41) is 9.11. The van der Waals surface area contributed by atoms with Crippen molar-refractivity contribution in [1.29, 1.82) is 0 Å². The molecule has 0 aromatic carbocycles. The van der Waals surface area contributed by atoms with Crippen LogP contribution in [0, 0.1) is 0 Å². The molecule has 0 N–H and O–H groups in total. The molecule has 24 heavy (non-hydrogen) atoms. The van der Waals surface area contributed by atoms with Crippen molar-refractivity contribution in [3.05, 3.63) is 29.0 Å². The van der Waals surface area contributed by atoms with Crippen molar-refractivity contribution in [2.75, 3.05) is 25.5 Å². The molecule has 7 nitrogen and oxygen atoms in total. The van der Waals surface area contributed by atoms with Crippen molar-refractivity contribution in [2.24, 2.45) is 0 Å². The van der Waals surface area contributed by atoms with Crippen molar-refractivity contribution >= 4 is 11.8 Å². The molecular weight excluding hydrogens is 306 g/mol. The van der Waals surface area contributed by atoms with Crippen molar-refractivity contribution in [2.45, 2.75) is 32.9 Å². The molecule has 0 atom stereocenters. The van der Waals surface area contributed by atoms with Gasteiger partial charge in [-0.25, -0.2) is 0 Å². The summed E-state index contributed by atoms with van der Waals surface area (Å²) >= 11 is 0. The fourth-order valence-corrected chi connectivity index (χ4v) is 3.59. The first kappa shape index (κ1) is 15.0. The van der Waals surface area contributed by atoms with E-state index in [1.165, 1.54) is 0 Å². The molecule has 0 radical (unpaired) electrons. The van der Waals surface area contributed by atoms with Gasteiger partial charge >= 0.3 is 0 Å². The van der Waals surface area contributed by atoms with Crippen LogP contribution in [0.15, 0.2) is 16.7 Å². The lowest BCUT2D eigenvalue weighted by molar-refractivity contribution is -0.129. The zero-order chi connectivity index (χ0) is 17.0. The highest BCUT2D eigenvalue weighted by atomic mass is 16.5. The molecule has 1 amide bonds. The minimum atomic E-state index is 0.0907. The van der Waals surface area contributed by atoms with E-state index in [9.17, 15) is 4.79 Å². The Morgan fingerprint density at radius 3 is 2.79 bits per heavy atom. The van der Waals surface area contributed by atoms with Crippen LogP contribution in [0.5, 0.6) is 0 Å². The number of amides is 1. The Morgan fingerprint density at radius 2 is 2.08 bits per heavy atom. The van der Waals surface area contributed by atoms with Gasteiger partial charge in [-0.2, -0.15) is 5.10 Å². The van der Waals surface area contributed by atoms with Gasteiger partial charge < -0.3 is 14.3 Å². The summed E-state index contributed by atoms with van der Waals surface area (Å²) in [6, 6.07) is 0. The van der Waals surface area contributed by atoms with Crippen LogP contribution in [0.3, 0.4) is 0 Å². The predicted molar refractivity (Wildman–Crippen MR) is 89.7 cm³/mol. The van der Waals surface area contributed by atoms with Gasteiger partial charge in [0.2, 0.25) is 11.8 Å². The topological polar surface area (TPSA) is 67.4 Å². The fraction of sp³-hybridized carbons (Fsp3) is 0.471. The third-order valence-electron chi connectivity index (χ3n) is 4.74. The SMILES string of the molecule is C=C1Cc2c(noc2N(C)C)-c2c3c(nn2C1)CCN(C(C)=O)C3. The molecule has 2 aliphatic heterocycles. The number of hydrogen-bond acceptors (Lipinski definition) is 5. The summed E-state index contributed by atoms with van der Waals surface area (Å²) < 4.78 is 7.56. The Morgan fingerprint density at radius 1 is 1.29 bits per heavy atom. The van der Waals surface area contributed by atoms with Gasteiger partial charge in [-0.05, 0) is 0 Å². The molecule has 0 bridgehead atoms. The van der Waals surface area contributed by atoms with E-state index in [0.717, 1.165) is 52.5 Å². The number of hydrogen-bond donors (Lipinski definition) is 0. The Balaban J connectivity index is 1.90. The lowest BCUT2D eigenvalue weighted by atomic mass is 10.0. The highest BCUT2D eigenvalue weighted by Gasteiger charge is 2.32. The molecule has 0 unspecified atom stereocenters. The Bertz CT molecular complexity index is 846. The zero-order valence-corrected chi connectivity index (χ0v) is 14.3. The molecule has 2 aromatic rings. The lowest BCUT2D eigenvalue weighted by Gasteiger charge is -2.25. The van der Waals surface area contributed by atoms with E-state index in [1.807, 2.05) is 28.6 Å². The summed E-state index contributed by atoms with van der Waals surface area (Å²) in [4.78, 5) is 15.6. The number of carbonyl (C=O) groups is 1. The predicted octanol–water partition coefficient (Wildman–Crippen LogP) is 1.62. The highest BCUT2D eigenvalue weighted by molar-refractivity contribution is 5.75. The summed E-state index contributed by atoms with van der Waals surface area (Å²) in [7, 11) is 3.89. The van der Waals surface area contributed by atoms with E-state index in [-0.39, 0.29) is 5.91 Å². The van der Waals surface area contributed by atoms with Crippen LogP contribution >= 0.6 is 0 Å². The van der Waals surface area contributed by atoms with Crippen molar-refractivity contribution in [3.8, 4) is 11.4 Å². The van der Waals surface area contributed by atoms with E-state index in [0.29, 0.717) is 19.6 Å². The minimum Gasteiger partial charge on any atom is -0.346 e. The molecule has 0 aliphatic carbocycles. The first-order chi connectivity index (χ1) is 11.5. The number of nitrogens with zero attached hydrogens (tertiary/aromatic N) is 5. The van der Waals surface area contributed by atoms with Crippen LogP contribution in [0.4, 0.5) is 5.88 Å². The minimum absolute atomic E-state index is 0.0907. The van der Waals surface area contributed by atoms with Gasteiger partial charge in [0, 0.05) is 52.5 Å². The van der Waals surface area contributed by atoms with Gasteiger partial charge in [-0.1, -0.05) is 17.3 Å². The van der Waals surface area contributed by atoms with Crippen molar-refractivity contribution in [1.82, 2.24) is 19.8 Å². The molecule has 0 saturated carbocycles. The maximum Gasteiger partial charge on any atom is 0.230 e. The molecule has 4 rings (SSSR count). The normalized spacial score (nSPS) is 16.3. The summed E-state index contributed by atoms with van der Waals surface area (Å²) in [5.41, 5.74) is 6.07. The van der Waals surface area contributed by atoms with Gasteiger partial charge in [0.1, 0.15) is 5.69 Å². The quantitative estimate of drug-likeness (QED) is 0.745. The number of rotatable bonds is 1. The second-order valence-electron chi connectivity index (χ2n) is 6.76. The molecule has 2 aliphatic rings. The molecule has 0 saturated heterocycles. The van der Waals surface area contributed by atoms with Crippen LogP contribution < -0.4 is 4.90 Å². The summed E-state index contributed by atoms with van der Waals surface area (Å²) in [6.45, 7) is 7.77. The number of carbonyl (C=O) groups excluding carboxylic acids is 1. The van der Waals surface area contributed by atoms with E-state index in [1.54, 1.807) is 6.92 Å². The van der Waals surface area contributed by atoms with E-state index < -0.39 is 0 Å². The molecule has 2 aromatic heterocycles. The Hall–Kier alpha value is -2.57. The fourth-order valence-electron chi connectivity index (χ4n) is 3.59. The summed E-state index contributed by atoms with van der Waals surface area (Å²) in [5.74, 6) is 0.849. The van der Waals surface area contributed by atoms with Gasteiger partial charge in [0.25, 0.3) is 0 Å². The average molecular weight is 327 g/mol. The monoisotopic (exact) mass is 327 g/mol. The van der Waals surface area contributed by atoms with E-state index >= 15 is 0 Å². The highest BCUT2D eigenvalue weighted by Crippen LogP contribution is 2.39. The Labute approximate surface area is 140 Å². The van der Waals surface area contributed by atoms with Crippen molar-refractivity contribution in [3.63, 3.8) is 0 Å². The molecule has 0 spiro atoms. The van der Waals surface area contributed by atoms with Crippen LogP contribution in [0.1, 0.15) is 23.7 Å². The second-order valence-corrected chi connectivity index (χ2v) is 6.76. The molecule has 4 heterocycles. The average Bonchev–Trinajstić information content (AvgIpc) is 3.03. The van der Waals surface area contributed by atoms with Gasteiger partial charge in [0.15, 0.2) is 0 Å². The zero-order valence-electron chi connectivity index (χ0n) is 14.3. The van der Waals surface area contributed by atoms with Crippen LogP contribution in [0.25, 0.3) is 11.4 Å². The number of fused-ring (bicyclic) bond motifs is 5. The Kier molecular flexibility index (Phi) is 3.26. The van der Waals surface area contributed by atoms with Gasteiger partial charge in [-0.3, -0.25) is 9.48 Å². The maximum atomic E-state index is 11.8. The molecule has 0 fully saturated rings. The molecule has 7 heteroatoms. The van der Waals surface area contributed by atoms with Gasteiger partial charge in [-0.15, -0.1) is 0 Å². The van der Waals surface area contributed by atoms with E-state index in [4.69, 9.17) is 9.62 Å². The molecular formula is C17H21N5O2. The number of anilines is 1. The first-order valence-corrected chi connectivity index (χ1v) is 8.12. The van der Waals surface area contributed by atoms with Crippen LogP contribution in [-0.2, 0) is 30.7 Å². The van der Waals surface area contributed by atoms with Crippen LogP contribution in [-0.4, -0.2) is 46.4 Å². The third kappa shape index (κ3) is 2.15. The number of allylic oxidation sites excluding steroid dienone is 1. The molecule has 126 valence electrons. The van der Waals surface area contributed by atoms with E-state index in [2.05, 4.69) is 11.7 Å². The summed E-state index contributed by atoms with van der Waals surface area (Å²) in [6.07, 6.45) is 1.50. The number of aromatic nitrogens is 3.